The number of nitrogens with one attached hydrogen (secondary N) is 2. The summed E-state index contributed by atoms with van der Waals surface area (Å²) < 4.78 is 18.0. The van der Waals surface area contributed by atoms with E-state index in [4.69, 9.17) is 14.2 Å². The Bertz CT molecular complexity index is 1440. The van der Waals surface area contributed by atoms with Crippen LogP contribution in [0, 0.1) is 0 Å². The van der Waals surface area contributed by atoms with E-state index in [0.29, 0.717) is 42.6 Å². The second kappa shape index (κ2) is 9.36. The van der Waals surface area contributed by atoms with E-state index in [1.54, 1.807) is 41.0 Å². The fourth-order valence-electron chi connectivity index (χ4n) is 5.26. The Hall–Kier alpha value is -4.19. The van der Waals surface area contributed by atoms with Gasteiger partial charge in [0.2, 0.25) is 0 Å². The first-order chi connectivity index (χ1) is 18.0. The third-order valence-electron chi connectivity index (χ3n) is 7.06. The van der Waals surface area contributed by atoms with Crippen molar-refractivity contribution in [2.45, 2.75) is 44.0 Å². The largest absolute Gasteiger partial charge is 0.495 e. The van der Waals surface area contributed by atoms with Crippen LogP contribution in [0.2, 0.25) is 0 Å². The van der Waals surface area contributed by atoms with Crippen LogP contribution in [-0.2, 0) is 16.1 Å². The van der Waals surface area contributed by atoms with Crippen LogP contribution in [0.1, 0.15) is 19.3 Å². The summed E-state index contributed by atoms with van der Waals surface area (Å²) in [5.41, 5.74) is 1.34. The van der Waals surface area contributed by atoms with Crippen molar-refractivity contribution in [2.24, 2.45) is 0 Å². The van der Waals surface area contributed by atoms with Gasteiger partial charge in [-0.2, -0.15) is 0 Å². The van der Waals surface area contributed by atoms with E-state index in [-0.39, 0.29) is 36.3 Å². The van der Waals surface area contributed by atoms with E-state index in [2.05, 4.69) is 20.6 Å². The minimum absolute atomic E-state index is 0.0565. The fraction of sp³-hybridized carbons (Fsp3) is 0.400. The van der Waals surface area contributed by atoms with Crippen molar-refractivity contribution >= 4 is 34.7 Å². The van der Waals surface area contributed by atoms with E-state index in [9.17, 15) is 14.4 Å². The molecule has 0 aromatic carbocycles. The predicted octanol–water partition coefficient (Wildman–Crippen LogP) is 1.67. The molecule has 2 amide bonds. The van der Waals surface area contributed by atoms with Gasteiger partial charge < -0.3 is 29.4 Å². The molecule has 1 saturated heterocycles. The average Bonchev–Trinajstić information content (AvgIpc) is 3.24. The monoisotopic (exact) mass is 506 g/mol. The molecule has 37 heavy (non-hydrogen) atoms. The van der Waals surface area contributed by atoms with Gasteiger partial charge in [0.25, 0.3) is 11.5 Å². The van der Waals surface area contributed by atoms with Crippen molar-refractivity contribution in [3.63, 3.8) is 0 Å². The summed E-state index contributed by atoms with van der Waals surface area (Å²) in [4.78, 5) is 47.3. The summed E-state index contributed by atoms with van der Waals surface area (Å²) in [7, 11) is 1.57. The predicted molar refractivity (Wildman–Crippen MR) is 133 cm³/mol. The van der Waals surface area contributed by atoms with Crippen LogP contribution in [0.3, 0.4) is 0 Å². The van der Waals surface area contributed by atoms with Gasteiger partial charge in [0.1, 0.15) is 17.7 Å². The zero-order valence-electron chi connectivity index (χ0n) is 20.2. The summed E-state index contributed by atoms with van der Waals surface area (Å²) in [6.45, 7) is 0.982. The molecule has 12 heteroatoms. The second-order valence-corrected chi connectivity index (χ2v) is 9.28. The molecule has 3 aliphatic rings. The number of fused-ring (bicyclic) bond motifs is 3. The van der Waals surface area contributed by atoms with Crippen LogP contribution < -0.4 is 30.6 Å². The van der Waals surface area contributed by atoms with E-state index in [1.807, 2.05) is 6.07 Å². The lowest BCUT2D eigenvalue weighted by Gasteiger charge is -2.33. The third-order valence-corrected chi connectivity index (χ3v) is 7.06. The van der Waals surface area contributed by atoms with Gasteiger partial charge in [-0.05, 0) is 31.0 Å². The number of rotatable bonds is 6. The van der Waals surface area contributed by atoms with Gasteiger partial charge >= 0.3 is 6.09 Å². The SMILES string of the molecule is COc1cnc2ccc(=O)n(CCN[C@H]3CC[C@H]4[C@@H](C3)OC(=O)N4c3ccc4c(n3)NC(=O)CO4)c2c1. The number of amides is 2. The van der Waals surface area contributed by atoms with E-state index >= 15 is 0 Å². The lowest BCUT2D eigenvalue weighted by molar-refractivity contribution is -0.118. The van der Waals surface area contributed by atoms with Gasteiger partial charge in [-0.25, -0.2) is 9.78 Å². The van der Waals surface area contributed by atoms with Crippen molar-refractivity contribution in [1.82, 2.24) is 19.9 Å². The molecule has 3 aromatic heterocycles. The minimum atomic E-state index is -0.449. The van der Waals surface area contributed by atoms with Crippen molar-refractivity contribution in [3.8, 4) is 11.5 Å². The Morgan fingerprint density at radius 2 is 2.08 bits per heavy atom. The molecule has 1 saturated carbocycles. The second-order valence-electron chi connectivity index (χ2n) is 9.28. The molecule has 2 N–H and O–H groups in total. The van der Waals surface area contributed by atoms with Gasteiger partial charge in [0.15, 0.2) is 18.2 Å². The fourth-order valence-corrected chi connectivity index (χ4v) is 5.26. The Kier molecular flexibility index (Phi) is 5.87. The standard InChI is InChI=1S/C25H26N6O6/c1-35-15-11-18-16(27-12-15)3-7-23(33)30(18)9-8-26-14-2-4-17-20(10-14)37-25(34)31(17)21-6-5-19-24(28-21)29-22(32)13-36-19/h3,5-7,11-12,14,17,20,26H,2,4,8-10,13H2,1H3,(H,28,29,32)/t14-,17-,20+/m0/s1. The van der Waals surface area contributed by atoms with Crippen LogP contribution >= 0.6 is 0 Å². The number of hydrogen-bond donors (Lipinski definition) is 2. The molecular weight excluding hydrogens is 480 g/mol. The number of hydrogen-bond acceptors (Lipinski definition) is 9. The van der Waals surface area contributed by atoms with E-state index in [0.717, 1.165) is 23.9 Å². The maximum atomic E-state index is 12.8. The van der Waals surface area contributed by atoms with Gasteiger partial charge in [0, 0.05) is 37.7 Å². The van der Waals surface area contributed by atoms with Gasteiger partial charge in [-0.1, -0.05) is 0 Å². The maximum Gasteiger partial charge on any atom is 0.416 e. The molecule has 3 aromatic rings. The number of pyridine rings is 3. The number of aromatic nitrogens is 3. The number of carbonyl (C=O) groups excluding carboxylic acids is 2. The first-order valence-electron chi connectivity index (χ1n) is 12.2. The van der Waals surface area contributed by atoms with Gasteiger partial charge in [-0.3, -0.25) is 19.5 Å². The van der Waals surface area contributed by atoms with Crippen LogP contribution in [0.15, 0.2) is 41.3 Å². The average molecular weight is 507 g/mol. The molecule has 2 fully saturated rings. The van der Waals surface area contributed by atoms with Crippen molar-refractivity contribution in [2.75, 3.05) is 30.5 Å². The molecule has 5 heterocycles. The summed E-state index contributed by atoms with van der Waals surface area (Å²) in [6.07, 6.45) is 3.11. The quantitative estimate of drug-likeness (QED) is 0.511. The summed E-state index contributed by atoms with van der Waals surface area (Å²) in [5, 5.41) is 6.19. The molecule has 6 rings (SSSR count). The normalized spacial score (nSPS) is 22.6. The van der Waals surface area contributed by atoms with Crippen molar-refractivity contribution in [1.29, 1.82) is 0 Å². The molecule has 0 bridgehead atoms. The zero-order valence-corrected chi connectivity index (χ0v) is 20.2. The summed E-state index contributed by atoms with van der Waals surface area (Å²) >= 11 is 0. The summed E-state index contributed by atoms with van der Waals surface area (Å²) in [5.74, 6) is 1.51. The number of carbonyl (C=O) groups is 2. The molecule has 12 nitrogen and oxygen atoms in total. The van der Waals surface area contributed by atoms with Crippen LogP contribution in [-0.4, -0.2) is 65.0 Å². The molecular formula is C25H26N6O6. The molecule has 0 radical (unpaired) electrons. The maximum absolute atomic E-state index is 12.8. The Labute approximate surface area is 211 Å². The number of methoxy groups -OCH3 is 1. The van der Waals surface area contributed by atoms with E-state index < -0.39 is 6.09 Å². The topological polar surface area (TPSA) is 137 Å². The van der Waals surface area contributed by atoms with Gasteiger partial charge in [0.05, 0.1) is 30.4 Å². The minimum Gasteiger partial charge on any atom is -0.495 e. The third kappa shape index (κ3) is 4.33. The highest BCUT2D eigenvalue weighted by atomic mass is 16.6. The van der Waals surface area contributed by atoms with E-state index in [1.165, 1.54) is 6.07 Å². The van der Waals surface area contributed by atoms with Gasteiger partial charge in [-0.15, -0.1) is 0 Å². The Balaban J connectivity index is 1.11. The van der Waals surface area contributed by atoms with Crippen LogP contribution in [0.25, 0.3) is 11.0 Å². The molecule has 0 unspecified atom stereocenters. The zero-order chi connectivity index (χ0) is 25.5. The number of nitrogens with zero attached hydrogens (tertiary/aromatic N) is 4. The molecule has 192 valence electrons. The molecule has 0 spiro atoms. The highest BCUT2D eigenvalue weighted by Crippen LogP contribution is 2.37. The highest BCUT2D eigenvalue weighted by Gasteiger charge is 2.46. The van der Waals surface area contributed by atoms with Crippen molar-refractivity contribution < 1.29 is 23.8 Å². The lowest BCUT2D eigenvalue weighted by Crippen LogP contribution is -2.46. The number of anilines is 2. The molecule has 1 aliphatic carbocycles. The van der Waals surface area contributed by atoms with Crippen molar-refractivity contribution in [3.05, 3.63) is 46.9 Å². The highest BCUT2D eigenvalue weighted by molar-refractivity contribution is 5.95. The van der Waals surface area contributed by atoms with Crippen LogP contribution in [0.4, 0.5) is 16.4 Å². The molecule has 2 aliphatic heterocycles. The Morgan fingerprint density at radius 1 is 1.19 bits per heavy atom. The molecule has 3 atom stereocenters. The van der Waals surface area contributed by atoms with Crippen LogP contribution in [0.5, 0.6) is 11.5 Å². The smallest absolute Gasteiger partial charge is 0.416 e. The number of ether oxygens (including phenoxy) is 3. The summed E-state index contributed by atoms with van der Waals surface area (Å²) in [6, 6.07) is 8.44. The lowest BCUT2D eigenvalue weighted by atomic mass is 9.88. The first kappa shape index (κ1) is 23.2. The first-order valence-corrected chi connectivity index (χ1v) is 12.2. The Morgan fingerprint density at radius 3 is 2.95 bits per heavy atom.